The van der Waals surface area contributed by atoms with Gasteiger partial charge in [-0.25, -0.2) is 0 Å². The molecule has 2 nitrogen and oxygen atoms in total. The summed E-state index contributed by atoms with van der Waals surface area (Å²) in [4.78, 5) is 0. The largest absolute Gasteiger partial charge is 0.490 e. The summed E-state index contributed by atoms with van der Waals surface area (Å²) in [7, 11) is 0. The van der Waals surface area contributed by atoms with E-state index in [-0.39, 0.29) is 6.04 Å². The Bertz CT molecular complexity index is 361. The van der Waals surface area contributed by atoms with Crippen molar-refractivity contribution in [3.63, 3.8) is 0 Å². The van der Waals surface area contributed by atoms with Gasteiger partial charge in [-0.15, -0.1) is 0 Å². The van der Waals surface area contributed by atoms with Gasteiger partial charge in [0.1, 0.15) is 5.75 Å². The molecular formula is C13H18BrNO. The monoisotopic (exact) mass is 283 g/mol. The Morgan fingerprint density at radius 3 is 2.81 bits per heavy atom. The van der Waals surface area contributed by atoms with Gasteiger partial charge in [0.15, 0.2) is 0 Å². The molecule has 1 unspecified atom stereocenters. The van der Waals surface area contributed by atoms with Crippen molar-refractivity contribution in [2.45, 2.75) is 44.8 Å². The highest BCUT2D eigenvalue weighted by Gasteiger charge is 2.20. The summed E-state index contributed by atoms with van der Waals surface area (Å²) in [5.41, 5.74) is 7.05. The van der Waals surface area contributed by atoms with Crippen LogP contribution in [0.25, 0.3) is 0 Å². The number of ether oxygens (including phenoxy) is 1. The predicted octanol–water partition coefficient (Wildman–Crippen LogP) is 3.27. The fraction of sp³-hybridized carbons (Fsp3) is 0.538. The zero-order valence-electron chi connectivity index (χ0n) is 9.58. The van der Waals surface area contributed by atoms with Gasteiger partial charge < -0.3 is 10.5 Å². The molecular weight excluding hydrogens is 266 g/mol. The van der Waals surface area contributed by atoms with Crippen LogP contribution in [-0.2, 0) is 6.42 Å². The third kappa shape index (κ3) is 2.98. The molecule has 2 N–H and O–H groups in total. The number of hydrogen-bond donors (Lipinski definition) is 1. The zero-order valence-corrected chi connectivity index (χ0v) is 11.2. The lowest BCUT2D eigenvalue weighted by Gasteiger charge is -2.27. The molecule has 0 aliphatic heterocycles. The normalized spacial score (nSPS) is 17.9. The molecule has 16 heavy (non-hydrogen) atoms. The van der Waals surface area contributed by atoms with Crippen molar-refractivity contribution in [3.8, 4) is 5.75 Å². The first-order valence-corrected chi connectivity index (χ1v) is 6.65. The molecule has 1 fully saturated rings. The fourth-order valence-electron chi connectivity index (χ4n) is 1.84. The van der Waals surface area contributed by atoms with Crippen molar-refractivity contribution >= 4 is 15.9 Å². The van der Waals surface area contributed by atoms with Crippen LogP contribution in [-0.4, -0.2) is 12.1 Å². The standard InChI is InChI=1S/C13H18BrNO/c1-9(15)7-10-8-11(14)5-6-13(10)16-12-3-2-4-12/h5-6,8-9,12H,2-4,7,15H2,1H3. The van der Waals surface area contributed by atoms with E-state index in [9.17, 15) is 0 Å². The number of hydrogen-bond acceptors (Lipinski definition) is 2. The lowest BCUT2D eigenvalue weighted by atomic mass is 9.96. The molecule has 0 amide bonds. The van der Waals surface area contributed by atoms with Crippen LogP contribution in [0.1, 0.15) is 31.7 Å². The summed E-state index contributed by atoms with van der Waals surface area (Å²) in [6.45, 7) is 2.02. The van der Waals surface area contributed by atoms with Crippen molar-refractivity contribution in [2.24, 2.45) is 5.73 Å². The molecule has 1 aromatic rings. The van der Waals surface area contributed by atoms with Crippen molar-refractivity contribution in [3.05, 3.63) is 28.2 Å². The Hall–Kier alpha value is -0.540. The third-order valence-electron chi connectivity index (χ3n) is 2.91. The highest BCUT2D eigenvalue weighted by Crippen LogP contribution is 2.30. The number of benzene rings is 1. The number of halogens is 1. The Kier molecular flexibility index (Phi) is 3.87. The van der Waals surface area contributed by atoms with Gasteiger partial charge in [-0.05, 0) is 56.4 Å². The van der Waals surface area contributed by atoms with E-state index >= 15 is 0 Å². The second-order valence-electron chi connectivity index (χ2n) is 4.60. The molecule has 3 heteroatoms. The third-order valence-corrected chi connectivity index (χ3v) is 3.40. The molecule has 88 valence electrons. The molecule has 1 aliphatic carbocycles. The van der Waals surface area contributed by atoms with E-state index in [0.717, 1.165) is 16.6 Å². The summed E-state index contributed by atoms with van der Waals surface area (Å²) in [6.07, 6.45) is 4.96. The first kappa shape index (κ1) is 11.9. The van der Waals surface area contributed by atoms with E-state index in [1.54, 1.807) is 0 Å². The van der Waals surface area contributed by atoms with Crippen LogP contribution >= 0.6 is 15.9 Å². The molecule has 1 aliphatic rings. The average molecular weight is 284 g/mol. The molecule has 0 aromatic heterocycles. The van der Waals surface area contributed by atoms with E-state index in [1.807, 2.05) is 19.1 Å². The summed E-state index contributed by atoms with van der Waals surface area (Å²) in [5.74, 6) is 1.00. The molecule has 2 rings (SSSR count). The first-order chi connectivity index (χ1) is 7.65. The second kappa shape index (κ2) is 5.19. The molecule has 0 spiro atoms. The van der Waals surface area contributed by atoms with Crippen LogP contribution in [0.2, 0.25) is 0 Å². The van der Waals surface area contributed by atoms with Gasteiger partial charge in [-0.3, -0.25) is 0 Å². The van der Waals surface area contributed by atoms with E-state index < -0.39 is 0 Å². The molecule has 1 aromatic carbocycles. The van der Waals surface area contributed by atoms with Crippen LogP contribution in [0.3, 0.4) is 0 Å². The SMILES string of the molecule is CC(N)Cc1cc(Br)ccc1OC1CCC1. The minimum atomic E-state index is 0.165. The Morgan fingerprint density at radius 2 is 2.25 bits per heavy atom. The van der Waals surface area contributed by atoms with Gasteiger partial charge in [-0.1, -0.05) is 15.9 Å². The summed E-state index contributed by atoms with van der Waals surface area (Å²) < 4.78 is 7.05. The second-order valence-corrected chi connectivity index (χ2v) is 5.52. The van der Waals surface area contributed by atoms with Crippen LogP contribution in [0.4, 0.5) is 0 Å². The van der Waals surface area contributed by atoms with E-state index in [2.05, 4.69) is 22.0 Å². The maximum absolute atomic E-state index is 5.96. The van der Waals surface area contributed by atoms with Crippen LogP contribution in [0.5, 0.6) is 5.75 Å². The quantitative estimate of drug-likeness (QED) is 0.921. The minimum absolute atomic E-state index is 0.165. The van der Waals surface area contributed by atoms with E-state index in [0.29, 0.717) is 6.10 Å². The summed E-state index contributed by atoms with van der Waals surface area (Å²) >= 11 is 3.49. The number of rotatable bonds is 4. The summed E-state index contributed by atoms with van der Waals surface area (Å²) in [5, 5.41) is 0. The Morgan fingerprint density at radius 1 is 1.50 bits per heavy atom. The molecule has 0 bridgehead atoms. The van der Waals surface area contributed by atoms with Gasteiger partial charge in [0.05, 0.1) is 6.10 Å². The van der Waals surface area contributed by atoms with Crippen molar-refractivity contribution in [2.75, 3.05) is 0 Å². The van der Waals surface area contributed by atoms with E-state index in [4.69, 9.17) is 10.5 Å². The lowest BCUT2D eigenvalue weighted by Crippen LogP contribution is -2.26. The highest BCUT2D eigenvalue weighted by molar-refractivity contribution is 9.10. The van der Waals surface area contributed by atoms with E-state index in [1.165, 1.54) is 24.8 Å². The maximum atomic E-state index is 5.96. The van der Waals surface area contributed by atoms with Gasteiger partial charge in [0, 0.05) is 10.5 Å². The molecule has 0 saturated heterocycles. The Balaban J connectivity index is 2.13. The maximum Gasteiger partial charge on any atom is 0.123 e. The lowest BCUT2D eigenvalue weighted by molar-refractivity contribution is 0.119. The van der Waals surface area contributed by atoms with Gasteiger partial charge in [-0.2, -0.15) is 0 Å². The van der Waals surface area contributed by atoms with Crippen molar-refractivity contribution in [1.29, 1.82) is 0 Å². The smallest absolute Gasteiger partial charge is 0.123 e. The van der Waals surface area contributed by atoms with Crippen LogP contribution in [0, 0.1) is 0 Å². The van der Waals surface area contributed by atoms with Crippen LogP contribution < -0.4 is 10.5 Å². The van der Waals surface area contributed by atoms with Gasteiger partial charge >= 0.3 is 0 Å². The molecule has 1 saturated carbocycles. The molecule has 1 atom stereocenters. The van der Waals surface area contributed by atoms with Gasteiger partial charge in [0.2, 0.25) is 0 Å². The zero-order chi connectivity index (χ0) is 11.5. The topological polar surface area (TPSA) is 35.2 Å². The highest BCUT2D eigenvalue weighted by atomic mass is 79.9. The number of nitrogens with two attached hydrogens (primary N) is 1. The summed E-state index contributed by atoms with van der Waals surface area (Å²) in [6, 6.07) is 6.34. The molecule has 0 radical (unpaired) electrons. The van der Waals surface area contributed by atoms with Crippen LogP contribution in [0.15, 0.2) is 22.7 Å². The minimum Gasteiger partial charge on any atom is -0.490 e. The fourth-order valence-corrected chi connectivity index (χ4v) is 2.25. The van der Waals surface area contributed by atoms with Gasteiger partial charge in [0.25, 0.3) is 0 Å². The van der Waals surface area contributed by atoms with Crippen molar-refractivity contribution in [1.82, 2.24) is 0 Å². The molecule has 0 heterocycles. The Labute approximate surface area is 105 Å². The first-order valence-electron chi connectivity index (χ1n) is 5.86. The predicted molar refractivity (Wildman–Crippen MR) is 69.8 cm³/mol. The van der Waals surface area contributed by atoms with Crippen molar-refractivity contribution < 1.29 is 4.74 Å². The average Bonchev–Trinajstić information content (AvgIpc) is 2.12.